The SMILES string of the molecule is COC(=O)[C@H](C)NC(=O)CCC(=O)NCCOCCOCCNC(=O)c1ccc(N)c(N)c1. The number of amides is 3. The van der Waals surface area contributed by atoms with Crippen molar-refractivity contribution in [3.05, 3.63) is 23.8 Å². The van der Waals surface area contributed by atoms with Gasteiger partial charge in [0.05, 0.1) is 44.9 Å². The predicted octanol–water partition coefficient (Wildman–Crippen LogP) is -0.812. The third-order valence-electron chi connectivity index (χ3n) is 4.33. The normalized spacial score (nSPS) is 11.3. The van der Waals surface area contributed by atoms with Crippen LogP contribution in [-0.2, 0) is 28.6 Å². The first-order chi connectivity index (χ1) is 15.7. The first-order valence-corrected chi connectivity index (χ1v) is 10.5. The van der Waals surface area contributed by atoms with Gasteiger partial charge in [0.15, 0.2) is 0 Å². The van der Waals surface area contributed by atoms with Gasteiger partial charge in [-0.2, -0.15) is 0 Å². The summed E-state index contributed by atoms with van der Waals surface area (Å²) in [6, 6.07) is 3.92. The zero-order valence-electron chi connectivity index (χ0n) is 19.0. The maximum Gasteiger partial charge on any atom is 0.328 e. The zero-order chi connectivity index (χ0) is 24.6. The molecule has 184 valence electrons. The number of hydrogen-bond donors (Lipinski definition) is 5. The minimum absolute atomic E-state index is 0.00246. The summed E-state index contributed by atoms with van der Waals surface area (Å²) in [4.78, 5) is 46.6. The van der Waals surface area contributed by atoms with E-state index in [4.69, 9.17) is 20.9 Å². The summed E-state index contributed by atoms with van der Waals surface area (Å²) in [5.41, 5.74) is 12.5. The fourth-order valence-electron chi connectivity index (χ4n) is 2.50. The number of ether oxygens (including phenoxy) is 3. The van der Waals surface area contributed by atoms with Crippen molar-refractivity contribution in [3.8, 4) is 0 Å². The van der Waals surface area contributed by atoms with Gasteiger partial charge in [-0.05, 0) is 25.1 Å². The van der Waals surface area contributed by atoms with Crippen molar-refractivity contribution >= 4 is 35.1 Å². The molecule has 0 spiro atoms. The summed E-state index contributed by atoms with van der Waals surface area (Å²) in [5, 5.41) is 7.78. The van der Waals surface area contributed by atoms with Crippen LogP contribution >= 0.6 is 0 Å². The summed E-state index contributed by atoms with van der Waals surface area (Å²) >= 11 is 0. The Balaban J connectivity index is 1.98. The molecule has 0 saturated carbocycles. The number of carbonyl (C=O) groups excluding carboxylic acids is 4. The lowest BCUT2D eigenvalue weighted by Crippen LogP contribution is -2.39. The summed E-state index contributed by atoms with van der Waals surface area (Å²) < 4.78 is 15.2. The minimum Gasteiger partial charge on any atom is -0.467 e. The van der Waals surface area contributed by atoms with E-state index < -0.39 is 17.9 Å². The fraction of sp³-hybridized carbons (Fsp3) is 0.524. The van der Waals surface area contributed by atoms with Gasteiger partial charge in [-0.25, -0.2) is 4.79 Å². The first-order valence-electron chi connectivity index (χ1n) is 10.5. The van der Waals surface area contributed by atoms with Crippen LogP contribution in [0.15, 0.2) is 18.2 Å². The predicted molar refractivity (Wildman–Crippen MR) is 121 cm³/mol. The highest BCUT2D eigenvalue weighted by atomic mass is 16.5. The average Bonchev–Trinajstić information content (AvgIpc) is 2.79. The van der Waals surface area contributed by atoms with Gasteiger partial charge in [0.1, 0.15) is 6.04 Å². The molecule has 0 unspecified atom stereocenters. The summed E-state index contributed by atoms with van der Waals surface area (Å²) in [6.07, 6.45) is -0.0400. The largest absolute Gasteiger partial charge is 0.467 e. The molecule has 0 fully saturated rings. The van der Waals surface area contributed by atoms with Crippen LogP contribution < -0.4 is 27.4 Å². The van der Waals surface area contributed by atoms with Crippen molar-refractivity contribution in [2.24, 2.45) is 0 Å². The topological polar surface area (TPSA) is 184 Å². The number of carbonyl (C=O) groups is 4. The van der Waals surface area contributed by atoms with E-state index in [1.165, 1.54) is 20.1 Å². The number of esters is 1. The van der Waals surface area contributed by atoms with Crippen molar-refractivity contribution in [3.63, 3.8) is 0 Å². The van der Waals surface area contributed by atoms with Gasteiger partial charge < -0.3 is 41.6 Å². The second-order valence-electron chi connectivity index (χ2n) is 6.99. The van der Waals surface area contributed by atoms with Crippen LogP contribution in [0.1, 0.15) is 30.1 Å². The number of anilines is 2. The van der Waals surface area contributed by atoms with Gasteiger partial charge in [-0.1, -0.05) is 0 Å². The molecular formula is C21H33N5O7. The Morgan fingerprint density at radius 3 is 2.09 bits per heavy atom. The summed E-state index contributed by atoms with van der Waals surface area (Å²) in [6.45, 7) is 3.37. The maximum atomic E-state index is 12.0. The van der Waals surface area contributed by atoms with Gasteiger partial charge >= 0.3 is 5.97 Å². The van der Waals surface area contributed by atoms with Gasteiger partial charge in [0.25, 0.3) is 5.91 Å². The van der Waals surface area contributed by atoms with Crippen molar-refractivity contribution in [1.29, 1.82) is 0 Å². The summed E-state index contributed by atoms with van der Waals surface area (Å²) in [7, 11) is 1.23. The molecule has 7 N–H and O–H groups in total. The zero-order valence-corrected chi connectivity index (χ0v) is 19.0. The van der Waals surface area contributed by atoms with Gasteiger partial charge in [-0.3, -0.25) is 14.4 Å². The standard InChI is InChI=1S/C21H33N5O7/c1-14(21(30)31-2)26-19(28)6-5-18(27)24-7-9-32-11-12-33-10-8-25-20(29)15-3-4-16(22)17(23)13-15/h3-4,13-14H,5-12,22-23H2,1-2H3,(H,24,27)(H,25,29)(H,26,28)/t14-/m0/s1. The third kappa shape index (κ3) is 11.7. The number of nitrogens with one attached hydrogen (secondary N) is 3. The van der Waals surface area contributed by atoms with Gasteiger partial charge in [0, 0.05) is 31.5 Å². The van der Waals surface area contributed by atoms with Crippen molar-refractivity contribution in [1.82, 2.24) is 16.0 Å². The van der Waals surface area contributed by atoms with E-state index >= 15 is 0 Å². The highest BCUT2D eigenvalue weighted by Crippen LogP contribution is 2.15. The van der Waals surface area contributed by atoms with E-state index in [1.54, 1.807) is 12.1 Å². The number of methoxy groups -OCH3 is 1. The summed E-state index contributed by atoms with van der Waals surface area (Å²) in [5.74, 6) is -1.53. The Kier molecular flexibility index (Phi) is 12.9. The highest BCUT2D eigenvalue weighted by Gasteiger charge is 2.16. The van der Waals surface area contributed by atoms with E-state index in [-0.39, 0.29) is 31.3 Å². The number of hydrogen-bond acceptors (Lipinski definition) is 9. The van der Waals surface area contributed by atoms with Crippen molar-refractivity contribution < 1.29 is 33.4 Å². The van der Waals surface area contributed by atoms with Crippen molar-refractivity contribution in [2.45, 2.75) is 25.8 Å². The van der Waals surface area contributed by atoms with Crippen molar-refractivity contribution in [2.75, 3.05) is 58.1 Å². The molecule has 0 aliphatic heterocycles. The second kappa shape index (κ2) is 15.4. The number of nitrogen functional groups attached to an aromatic ring is 2. The van der Waals surface area contributed by atoms with Crippen LogP contribution in [0.3, 0.4) is 0 Å². The third-order valence-corrected chi connectivity index (χ3v) is 4.33. The molecule has 0 aromatic heterocycles. The Labute approximate surface area is 192 Å². The van der Waals surface area contributed by atoms with Crippen LogP contribution in [0.25, 0.3) is 0 Å². The number of nitrogens with two attached hydrogens (primary N) is 2. The van der Waals surface area contributed by atoms with Gasteiger partial charge in [0.2, 0.25) is 11.8 Å². The molecule has 0 saturated heterocycles. The molecule has 1 atom stereocenters. The monoisotopic (exact) mass is 467 g/mol. The number of benzene rings is 1. The molecule has 0 aliphatic rings. The molecule has 0 aliphatic carbocycles. The molecular weight excluding hydrogens is 434 g/mol. The molecule has 1 aromatic rings. The molecule has 12 nitrogen and oxygen atoms in total. The molecule has 1 aromatic carbocycles. The Morgan fingerprint density at radius 2 is 1.48 bits per heavy atom. The Bertz CT molecular complexity index is 803. The van der Waals surface area contributed by atoms with Gasteiger partial charge in [-0.15, -0.1) is 0 Å². The maximum absolute atomic E-state index is 12.0. The quantitative estimate of drug-likeness (QED) is 0.125. The highest BCUT2D eigenvalue weighted by molar-refractivity contribution is 5.96. The van der Waals surface area contributed by atoms with Crippen LogP contribution in [-0.4, -0.2) is 76.4 Å². The Morgan fingerprint density at radius 1 is 0.879 bits per heavy atom. The van der Waals surface area contributed by atoms with E-state index in [1.807, 2.05) is 0 Å². The lowest BCUT2D eigenvalue weighted by Gasteiger charge is -2.11. The molecule has 1 rings (SSSR count). The fourth-order valence-corrected chi connectivity index (χ4v) is 2.50. The average molecular weight is 468 g/mol. The van der Waals surface area contributed by atoms with E-state index in [2.05, 4.69) is 20.7 Å². The molecule has 33 heavy (non-hydrogen) atoms. The minimum atomic E-state index is -0.763. The molecule has 0 bridgehead atoms. The molecule has 0 heterocycles. The van der Waals surface area contributed by atoms with E-state index in [9.17, 15) is 19.2 Å². The van der Waals surface area contributed by atoms with Crippen LogP contribution in [0.2, 0.25) is 0 Å². The lowest BCUT2D eigenvalue weighted by molar-refractivity contribution is -0.144. The van der Waals surface area contributed by atoms with Crippen LogP contribution in [0.5, 0.6) is 0 Å². The molecule has 12 heteroatoms. The van der Waals surface area contributed by atoms with Crippen LogP contribution in [0.4, 0.5) is 11.4 Å². The second-order valence-corrected chi connectivity index (χ2v) is 6.99. The Hall–Kier alpha value is -3.38. The lowest BCUT2D eigenvalue weighted by atomic mass is 10.1. The molecule has 3 amide bonds. The van der Waals surface area contributed by atoms with E-state index in [0.29, 0.717) is 49.8 Å². The number of rotatable bonds is 15. The van der Waals surface area contributed by atoms with E-state index in [0.717, 1.165) is 0 Å². The molecule has 0 radical (unpaired) electrons. The first kappa shape index (κ1) is 27.7. The van der Waals surface area contributed by atoms with Crippen LogP contribution in [0, 0.1) is 0 Å². The smallest absolute Gasteiger partial charge is 0.328 e.